The highest BCUT2D eigenvalue weighted by Crippen LogP contribution is 2.33. The third-order valence-electron chi connectivity index (χ3n) is 5.83. The molecule has 1 N–H and O–H groups in total. The van der Waals surface area contributed by atoms with Crippen molar-refractivity contribution in [2.45, 2.75) is 25.6 Å². The zero-order valence-corrected chi connectivity index (χ0v) is 17.0. The summed E-state index contributed by atoms with van der Waals surface area (Å²) < 4.78 is 47.2. The fraction of sp³-hybridized carbons (Fsp3) is 0.318. The lowest BCUT2D eigenvalue weighted by Gasteiger charge is -2.32. The minimum absolute atomic E-state index is 0.00983. The first-order chi connectivity index (χ1) is 15.4. The topological polar surface area (TPSA) is 80.0 Å². The number of likely N-dealkylation sites (tertiary alicyclic amines) is 1. The molecule has 4 aromatic rings. The van der Waals surface area contributed by atoms with E-state index >= 15 is 0 Å². The number of H-pyrrole nitrogens is 1. The normalized spacial score (nSPS) is 15.5. The Hall–Kier alpha value is -3.56. The van der Waals surface area contributed by atoms with Gasteiger partial charge in [0.2, 0.25) is 5.82 Å². The number of imidazole rings is 1. The molecule has 1 aliphatic heterocycles. The molecule has 1 aliphatic rings. The van der Waals surface area contributed by atoms with Crippen LogP contribution in [0.3, 0.4) is 0 Å². The Morgan fingerprint density at radius 2 is 1.94 bits per heavy atom. The van der Waals surface area contributed by atoms with Crippen LogP contribution in [0, 0.1) is 5.92 Å². The number of aromatic nitrogens is 4. The van der Waals surface area contributed by atoms with Crippen LogP contribution in [0.15, 0.2) is 53.1 Å². The van der Waals surface area contributed by atoms with E-state index in [1.807, 2.05) is 0 Å². The van der Waals surface area contributed by atoms with Gasteiger partial charge < -0.3 is 13.9 Å². The summed E-state index contributed by atoms with van der Waals surface area (Å²) in [5, 5.41) is 6.88. The van der Waals surface area contributed by atoms with Crippen LogP contribution in [0.2, 0.25) is 0 Å². The summed E-state index contributed by atoms with van der Waals surface area (Å²) in [6.07, 6.45) is -1.78. The molecule has 0 spiro atoms. The number of carbonyl (C=O) groups excluding carboxylic acids is 1. The number of hydrogen-bond donors (Lipinski definition) is 1. The van der Waals surface area contributed by atoms with Crippen molar-refractivity contribution in [3.63, 3.8) is 0 Å². The van der Waals surface area contributed by atoms with E-state index in [-0.39, 0.29) is 24.1 Å². The Kier molecular flexibility index (Phi) is 4.99. The highest BCUT2D eigenvalue weighted by atomic mass is 19.4. The van der Waals surface area contributed by atoms with Gasteiger partial charge in [0, 0.05) is 25.7 Å². The lowest BCUT2D eigenvalue weighted by atomic mass is 9.96. The summed E-state index contributed by atoms with van der Waals surface area (Å²) in [7, 11) is 0. The second-order valence-corrected chi connectivity index (χ2v) is 7.91. The average molecular weight is 443 g/mol. The Morgan fingerprint density at radius 1 is 1.16 bits per heavy atom. The van der Waals surface area contributed by atoms with Gasteiger partial charge in [-0.3, -0.25) is 9.89 Å². The number of fused-ring (bicyclic) bond motifs is 1. The molecule has 0 bridgehead atoms. The van der Waals surface area contributed by atoms with Gasteiger partial charge >= 0.3 is 6.18 Å². The summed E-state index contributed by atoms with van der Waals surface area (Å²) >= 11 is 0. The molecule has 7 nitrogen and oxygen atoms in total. The van der Waals surface area contributed by atoms with Crippen molar-refractivity contribution in [2.24, 2.45) is 5.92 Å². The molecule has 5 rings (SSSR count). The number of rotatable bonds is 4. The van der Waals surface area contributed by atoms with E-state index < -0.39 is 12.0 Å². The Bertz CT molecular complexity index is 1230. The molecule has 1 saturated heterocycles. The van der Waals surface area contributed by atoms with Gasteiger partial charge in [-0.2, -0.15) is 18.3 Å². The number of hydrogen-bond acceptors (Lipinski definition) is 4. The Labute approximate surface area is 180 Å². The van der Waals surface area contributed by atoms with E-state index in [0.29, 0.717) is 48.4 Å². The average Bonchev–Trinajstić information content (AvgIpc) is 3.53. The molecule has 0 saturated carbocycles. The van der Waals surface area contributed by atoms with Crippen LogP contribution in [-0.2, 0) is 12.7 Å². The second kappa shape index (κ2) is 7.85. The van der Waals surface area contributed by atoms with Crippen LogP contribution in [0.1, 0.15) is 29.2 Å². The highest BCUT2D eigenvalue weighted by molar-refractivity contribution is 5.93. The van der Waals surface area contributed by atoms with Crippen LogP contribution in [-0.4, -0.2) is 43.6 Å². The number of furan rings is 1. The number of carbonyl (C=O) groups is 1. The van der Waals surface area contributed by atoms with Gasteiger partial charge in [-0.1, -0.05) is 12.1 Å². The number of alkyl halides is 3. The maximum atomic E-state index is 13.5. The van der Waals surface area contributed by atoms with E-state index in [0.717, 1.165) is 0 Å². The van der Waals surface area contributed by atoms with Crippen molar-refractivity contribution in [3.05, 3.63) is 60.2 Å². The molecular weight excluding hydrogens is 423 g/mol. The largest absolute Gasteiger partial charge is 0.463 e. The predicted octanol–water partition coefficient (Wildman–Crippen LogP) is 4.59. The summed E-state index contributed by atoms with van der Waals surface area (Å²) in [5.41, 5.74) is 1.70. The molecule has 32 heavy (non-hydrogen) atoms. The van der Waals surface area contributed by atoms with Gasteiger partial charge in [0.1, 0.15) is 5.69 Å². The van der Waals surface area contributed by atoms with Crippen LogP contribution in [0.25, 0.3) is 22.5 Å². The summed E-state index contributed by atoms with van der Waals surface area (Å²) in [6, 6.07) is 11.8. The molecule has 1 aromatic carbocycles. The minimum atomic E-state index is -4.53. The van der Waals surface area contributed by atoms with Crippen molar-refractivity contribution in [2.75, 3.05) is 13.1 Å². The van der Waals surface area contributed by atoms with Crippen molar-refractivity contribution in [3.8, 4) is 11.5 Å². The van der Waals surface area contributed by atoms with Crippen LogP contribution in [0.5, 0.6) is 0 Å². The molecular formula is C22H20F3N5O2. The van der Waals surface area contributed by atoms with Crippen LogP contribution >= 0.6 is 0 Å². The third-order valence-corrected chi connectivity index (χ3v) is 5.83. The van der Waals surface area contributed by atoms with Crippen molar-refractivity contribution in [1.82, 2.24) is 24.6 Å². The van der Waals surface area contributed by atoms with E-state index in [2.05, 4.69) is 15.2 Å². The van der Waals surface area contributed by atoms with E-state index in [4.69, 9.17) is 4.42 Å². The van der Waals surface area contributed by atoms with Gasteiger partial charge in [0.15, 0.2) is 11.5 Å². The maximum absolute atomic E-state index is 13.5. The van der Waals surface area contributed by atoms with Gasteiger partial charge in [0.05, 0.1) is 17.3 Å². The standard InChI is InChI=1S/C22H20F3N5O2/c23-22(24,25)21-26-15-4-1-2-5-18(15)30(21)13-14-7-9-29(10-8-14)20(31)17-12-16(27-28-17)19-6-3-11-32-19/h1-6,11-12,14H,7-10,13H2,(H,27,28). The third kappa shape index (κ3) is 3.76. The monoisotopic (exact) mass is 443 g/mol. The van der Waals surface area contributed by atoms with E-state index in [9.17, 15) is 18.0 Å². The zero-order chi connectivity index (χ0) is 22.3. The Morgan fingerprint density at radius 3 is 2.66 bits per heavy atom. The number of piperidine rings is 1. The molecule has 166 valence electrons. The molecule has 4 heterocycles. The number of amides is 1. The number of para-hydroxylation sites is 2. The number of halogens is 3. The van der Waals surface area contributed by atoms with E-state index in [1.54, 1.807) is 47.4 Å². The molecule has 0 radical (unpaired) electrons. The Balaban J connectivity index is 1.27. The van der Waals surface area contributed by atoms with Gasteiger partial charge in [-0.05, 0) is 43.0 Å². The summed E-state index contributed by atoms with van der Waals surface area (Å²) in [6.45, 7) is 1.13. The SMILES string of the molecule is O=C(c1cc(-c2ccco2)[nH]n1)N1CCC(Cn2c(C(F)(F)F)nc3ccccc32)CC1. The molecule has 1 amide bonds. The maximum Gasteiger partial charge on any atom is 0.449 e. The number of nitrogens with one attached hydrogen (secondary N) is 1. The first kappa shape index (κ1) is 20.3. The quantitative estimate of drug-likeness (QED) is 0.500. The number of aromatic amines is 1. The van der Waals surface area contributed by atoms with Crippen LogP contribution < -0.4 is 0 Å². The molecule has 0 aliphatic carbocycles. The number of benzene rings is 1. The van der Waals surface area contributed by atoms with Gasteiger partial charge in [-0.25, -0.2) is 4.98 Å². The van der Waals surface area contributed by atoms with Gasteiger partial charge in [0.25, 0.3) is 5.91 Å². The fourth-order valence-electron chi connectivity index (χ4n) is 4.20. The lowest BCUT2D eigenvalue weighted by molar-refractivity contribution is -0.147. The predicted molar refractivity (Wildman–Crippen MR) is 110 cm³/mol. The van der Waals surface area contributed by atoms with Crippen molar-refractivity contribution in [1.29, 1.82) is 0 Å². The van der Waals surface area contributed by atoms with Crippen molar-refractivity contribution >= 4 is 16.9 Å². The lowest BCUT2D eigenvalue weighted by Crippen LogP contribution is -2.39. The van der Waals surface area contributed by atoms with Crippen LogP contribution in [0.4, 0.5) is 13.2 Å². The fourth-order valence-corrected chi connectivity index (χ4v) is 4.20. The summed E-state index contributed by atoms with van der Waals surface area (Å²) in [5.74, 6) is -0.486. The smallest absolute Gasteiger partial charge is 0.449 e. The molecule has 0 atom stereocenters. The minimum Gasteiger partial charge on any atom is -0.463 e. The van der Waals surface area contributed by atoms with E-state index in [1.165, 1.54) is 10.8 Å². The number of nitrogens with zero attached hydrogens (tertiary/aromatic N) is 4. The first-order valence-electron chi connectivity index (χ1n) is 10.3. The molecule has 1 fully saturated rings. The van der Waals surface area contributed by atoms with Gasteiger partial charge in [-0.15, -0.1) is 0 Å². The summed E-state index contributed by atoms with van der Waals surface area (Å²) in [4.78, 5) is 18.3. The highest BCUT2D eigenvalue weighted by Gasteiger charge is 2.38. The molecule has 0 unspecified atom stereocenters. The van der Waals surface area contributed by atoms with Crippen molar-refractivity contribution < 1.29 is 22.4 Å². The molecule has 10 heteroatoms. The second-order valence-electron chi connectivity index (χ2n) is 7.91. The first-order valence-corrected chi connectivity index (χ1v) is 10.3. The zero-order valence-electron chi connectivity index (χ0n) is 17.0. The molecule has 3 aromatic heterocycles.